The van der Waals surface area contributed by atoms with Crippen LogP contribution >= 0.6 is 0 Å². The van der Waals surface area contributed by atoms with Gasteiger partial charge in [-0.1, -0.05) is 24.3 Å². The minimum absolute atomic E-state index is 0.00548. The Morgan fingerprint density at radius 2 is 1.82 bits per heavy atom. The van der Waals surface area contributed by atoms with E-state index in [9.17, 15) is 23.5 Å². The summed E-state index contributed by atoms with van der Waals surface area (Å²) >= 11 is 0. The number of carbonyl (C=O) groups excluding carboxylic acids is 2. The van der Waals surface area contributed by atoms with Gasteiger partial charge in [0.25, 0.3) is 11.7 Å². The van der Waals surface area contributed by atoms with E-state index in [0.29, 0.717) is 24.6 Å². The first-order valence-corrected chi connectivity index (χ1v) is 10.7. The number of aliphatic hydroxyl groups is 1. The first kappa shape index (κ1) is 21.6. The summed E-state index contributed by atoms with van der Waals surface area (Å²) < 4.78 is 34.6. The van der Waals surface area contributed by atoms with Gasteiger partial charge in [0.05, 0.1) is 23.8 Å². The minimum Gasteiger partial charge on any atom is -0.507 e. The highest BCUT2D eigenvalue weighted by molar-refractivity contribution is 6.51. The van der Waals surface area contributed by atoms with E-state index in [1.807, 2.05) is 11.9 Å². The lowest BCUT2D eigenvalue weighted by molar-refractivity contribution is -0.132. The van der Waals surface area contributed by atoms with Gasteiger partial charge in [0.2, 0.25) is 0 Å². The van der Waals surface area contributed by atoms with Crippen molar-refractivity contribution in [2.45, 2.75) is 6.04 Å². The van der Waals surface area contributed by atoms with E-state index in [2.05, 4.69) is 0 Å². The highest BCUT2D eigenvalue weighted by atomic mass is 19.1. The van der Waals surface area contributed by atoms with Crippen LogP contribution in [-0.2, 0) is 9.59 Å². The van der Waals surface area contributed by atoms with Crippen LogP contribution in [0.2, 0.25) is 0 Å². The lowest BCUT2D eigenvalue weighted by Crippen LogP contribution is -2.30. The number of rotatable bonds is 3. The van der Waals surface area contributed by atoms with E-state index in [1.54, 1.807) is 24.3 Å². The van der Waals surface area contributed by atoms with Gasteiger partial charge in [0.1, 0.15) is 29.8 Å². The molecule has 3 aromatic carbocycles. The van der Waals surface area contributed by atoms with E-state index < -0.39 is 35.1 Å². The number of halogens is 2. The van der Waals surface area contributed by atoms with E-state index in [1.165, 1.54) is 36.4 Å². The molecule has 2 heterocycles. The number of ether oxygens (including phenoxy) is 1. The molecule has 1 unspecified atom stereocenters. The van der Waals surface area contributed by atoms with Gasteiger partial charge in [-0.25, -0.2) is 8.78 Å². The molecule has 2 aliphatic heterocycles. The summed E-state index contributed by atoms with van der Waals surface area (Å²) in [6.07, 6.45) is 0. The molecule has 6 nitrogen and oxygen atoms in total. The number of aliphatic hydroxyl groups excluding tert-OH is 1. The standard InChI is InChI=1S/C26H20F2N2O4/c1-29-11-12-34-21-10-9-15(13-20(21)29)24(31)22-23(18-7-2-3-8-19(18)28)30(26(33)25(22)32)17-6-4-5-16(27)14-17/h2-10,13-14,23,31H,11-12H2,1H3/b24-22+. The summed E-state index contributed by atoms with van der Waals surface area (Å²) in [6, 6.07) is 14.4. The van der Waals surface area contributed by atoms with Gasteiger partial charge in [-0.3, -0.25) is 14.5 Å². The summed E-state index contributed by atoms with van der Waals surface area (Å²) in [5, 5.41) is 11.3. The predicted octanol–water partition coefficient (Wildman–Crippen LogP) is 4.42. The van der Waals surface area contributed by atoms with Crippen molar-refractivity contribution in [2.24, 2.45) is 0 Å². The zero-order valence-electron chi connectivity index (χ0n) is 18.2. The number of ketones is 1. The van der Waals surface area contributed by atoms with Gasteiger partial charge in [0.15, 0.2) is 0 Å². The number of benzene rings is 3. The zero-order chi connectivity index (χ0) is 24.0. The highest BCUT2D eigenvalue weighted by Gasteiger charge is 2.48. The van der Waals surface area contributed by atoms with Crippen molar-refractivity contribution in [3.05, 3.63) is 95.1 Å². The van der Waals surface area contributed by atoms with Crippen molar-refractivity contribution in [3.8, 4) is 5.75 Å². The first-order chi connectivity index (χ1) is 16.4. The molecule has 8 heteroatoms. The van der Waals surface area contributed by atoms with Crippen LogP contribution in [-0.4, -0.2) is 37.0 Å². The van der Waals surface area contributed by atoms with Crippen LogP contribution in [0.25, 0.3) is 5.76 Å². The zero-order valence-corrected chi connectivity index (χ0v) is 18.2. The largest absolute Gasteiger partial charge is 0.507 e. The molecule has 0 saturated carbocycles. The molecule has 3 aromatic rings. The Morgan fingerprint density at radius 3 is 2.59 bits per heavy atom. The number of hydrogen-bond donors (Lipinski definition) is 1. The van der Waals surface area contributed by atoms with Crippen molar-refractivity contribution in [1.29, 1.82) is 0 Å². The maximum Gasteiger partial charge on any atom is 0.300 e. The second-order valence-electron chi connectivity index (χ2n) is 8.12. The van der Waals surface area contributed by atoms with Crippen molar-refractivity contribution in [1.82, 2.24) is 0 Å². The van der Waals surface area contributed by atoms with E-state index in [-0.39, 0.29) is 22.4 Å². The van der Waals surface area contributed by atoms with E-state index in [0.717, 1.165) is 11.0 Å². The first-order valence-electron chi connectivity index (χ1n) is 10.7. The molecule has 172 valence electrons. The van der Waals surface area contributed by atoms with Crippen LogP contribution < -0.4 is 14.5 Å². The van der Waals surface area contributed by atoms with Gasteiger partial charge < -0.3 is 14.7 Å². The summed E-state index contributed by atoms with van der Waals surface area (Å²) in [4.78, 5) is 29.2. The maximum absolute atomic E-state index is 14.9. The van der Waals surface area contributed by atoms with Crippen LogP contribution in [0.1, 0.15) is 17.2 Å². The Balaban J connectivity index is 1.72. The molecule has 1 fully saturated rings. The third-order valence-corrected chi connectivity index (χ3v) is 6.06. The average Bonchev–Trinajstić information content (AvgIpc) is 3.09. The number of anilines is 2. The summed E-state index contributed by atoms with van der Waals surface area (Å²) in [7, 11) is 1.87. The molecule has 0 aliphatic carbocycles. The van der Waals surface area contributed by atoms with Crippen LogP contribution in [0, 0.1) is 11.6 Å². The number of likely N-dealkylation sites (N-methyl/N-ethyl adjacent to an activating group) is 1. The Bertz CT molecular complexity index is 1350. The summed E-state index contributed by atoms with van der Waals surface area (Å²) in [6.45, 7) is 1.15. The third kappa shape index (κ3) is 3.48. The molecule has 1 saturated heterocycles. The Labute approximate surface area is 194 Å². The predicted molar refractivity (Wildman–Crippen MR) is 123 cm³/mol. The lowest BCUT2D eigenvalue weighted by Gasteiger charge is -2.28. The Morgan fingerprint density at radius 1 is 1.03 bits per heavy atom. The quantitative estimate of drug-likeness (QED) is 0.355. The van der Waals surface area contributed by atoms with Crippen molar-refractivity contribution < 1.29 is 28.2 Å². The second kappa shape index (κ2) is 8.30. The fourth-order valence-electron chi connectivity index (χ4n) is 4.37. The fourth-order valence-corrected chi connectivity index (χ4v) is 4.37. The molecular formula is C26H20F2N2O4. The topological polar surface area (TPSA) is 70.1 Å². The van der Waals surface area contributed by atoms with E-state index >= 15 is 0 Å². The molecule has 1 atom stereocenters. The van der Waals surface area contributed by atoms with Crippen LogP contribution in [0.3, 0.4) is 0 Å². The monoisotopic (exact) mass is 462 g/mol. The number of amides is 1. The van der Waals surface area contributed by atoms with Crippen molar-refractivity contribution >= 4 is 28.8 Å². The number of hydrogen-bond acceptors (Lipinski definition) is 5. The second-order valence-corrected chi connectivity index (χ2v) is 8.12. The van der Waals surface area contributed by atoms with Gasteiger partial charge in [-0.15, -0.1) is 0 Å². The normalized spacial score (nSPS) is 19.2. The van der Waals surface area contributed by atoms with Crippen molar-refractivity contribution in [3.63, 3.8) is 0 Å². The number of carbonyl (C=O) groups is 2. The van der Waals surface area contributed by atoms with Gasteiger partial charge in [0, 0.05) is 23.9 Å². The molecule has 34 heavy (non-hydrogen) atoms. The molecule has 0 radical (unpaired) electrons. The molecule has 0 aromatic heterocycles. The Hall–Kier alpha value is -4.20. The molecule has 0 bridgehead atoms. The smallest absolute Gasteiger partial charge is 0.300 e. The summed E-state index contributed by atoms with van der Waals surface area (Å²) in [5.41, 5.74) is 0.782. The van der Waals surface area contributed by atoms with Crippen molar-refractivity contribution in [2.75, 3.05) is 30.0 Å². The third-order valence-electron chi connectivity index (χ3n) is 6.06. The van der Waals surface area contributed by atoms with E-state index in [4.69, 9.17) is 4.74 Å². The molecular weight excluding hydrogens is 442 g/mol. The molecule has 0 spiro atoms. The summed E-state index contributed by atoms with van der Waals surface area (Å²) in [5.74, 6) is -3.09. The van der Waals surface area contributed by atoms with Gasteiger partial charge in [-0.05, 0) is 42.5 Å². The van der Waals surface area contributed by atoms with Crippen LogP contribution in [0.5, 0.6) is 5.75 Å². The average molecular weight is 462 g/mol. The van der Waals surface area contributed by atoms with Gasteiger partial charge in [-0.2, -0.15) is 0 Å². The Kier molecular flexibility index (Phi) is 5.28. The van der Waals surface area contributed by atoms with Gasteiger partial charge >= 0.3 is 0 Å². The minimum atomic E-state index is -1.28. The van der Waals surface area contributed by atoms with Crippen LogP contribution in [0.4, 0.5) is 20.2 Å². The molecule has 5 rings (SSSR count). The molecule has 2 aliphatic rings. The molecule has 1 N–H and O–H groups in total. The fraction of sp³-hybridized carbons (Fsp3) is 0.154. The SMILES string of the molecule is CN1CCOc2ccc(/C(O)=C3\C(=O)C(=O)N(c4cccc(F)c4)C3c3ccccc3F)cc21. The van der Waals surface area contributed by atoms with Crippen LogP contribution in [0.15, 0.2) is 72.3 Å². The molecule has 1 amide bonds. The highest BCUT2D eigenvalue weighted by Crippen LogP contribution is 2.44. The lowest BCUT2D eigenvalue weighted by atomic mass is 9.94. The number of Topliss-reactive ketones (excluding diaryl/α,β-unsaturated/α-hetero) is 1. The maximum atomic E-state index is 14.9. The number of nitrogens with zero attached hydrogens (tertiary/aromatic N) is 2. The number of fused-ring (bicyclic) bond motifs is 1.